The van der Waals surface area contributed by atoms with Gasteiger partial charge in [0.05, 0.1) is 0 Å². The second-order valence-corrected chi connectivity index (χ2v) is 5.00. The molecule has 4 heteroatoms. The number of benzene rings is 1. The van der Waals surface area contributed by atoms with Crippen molar-refractivity contribution in [1.82, 2.24) is 5.32 Å². The normalized spacial score (nSPS) is 12.2. The van der Waals surface area contributed by atoms with Crippen LogP contribution in [0.4, 0.5) is 0 Å². The van der Waals surface area contributed by atoms with Gasteiger partial charge in [-0.05, 0) is 29.9 Å². The SMILES string of the molecule is CSCc1cccc(C(=O)NCC(C)CO)c1. The number of hydrogen-bond donors (Lipinski definition) is 2. The van der Waals surface area contributed by atoms with Crippen LogP contribution in [0.15, 0.2) is 24.3 Å². The largest absolute Gasteiger partial charge is 0.396 e. The maximum Gasteiger partial charge on any atom is 0.251 e. The van der Waals surface area contributed by atoms with E-state index < -0.39 is 0 Å². The molecule has 0 aromatic heterocycles. The number of rotatable bonds is 6. The molecule has 1 aromatic carbocycles. The maximum atomic E-state index is 11.8. The molecule has 0 bridgehead atoms. The minimum atomic E-state index is -0.0757. The fourth-order valence-corrected chi connectivity index (χ4v) is 1.92. The van der Waals surface area contributed by atoms with Crippen LogP contribution < -0.4 is 5.32 Å². The fraction of sp³-hybridized carbons (Fsp3) is 0.462. The lowest BCUT2D eigenvalue weighted by Gasteiger charge is -2.10. The quantitative estimate of drug-likeness (QED) is 0.814. The second kappa shape index (κ2) is 7.35. The molecule has 1 rings (SSSR count). The Morgan fingerprint density at radius 3 is 2.94 bits per heavy atom. The van der Waals surface area contributed by atoms with E-state index >= 15 is 0 Å². The minimum Gasteiger partial charge on any atom is -0.396 e. The first-order valence-corrected chi connectivity index (χ1v) is 7.03. The van der Waals surface area contributed by atoms with Crippen molar-refractivity contribution in [3.8, 4) is 0 Å². The van der Waals surface area contributed by atoms with Crippen molar-refractivity contribution < 1.29 is 9.90 Å². The van der Waals surface area contributed by atoms with Crippen LogP contribution in [-0.4, -0.2) is 30.4 Å². The number of aliphatic hydroxyl groups excluding tert-OH is 1. The van der Waals surface area contributed by atoms with E-state index in [9.17, 15) is 4.79 Å². The monoisotopic (exact) mass is 253 g/mol. The Morgan fingerprint density at radius 1 is 1.53 bits per heavy atom. The highest BCUT2D eigenvalue weighted by atomic mass is 32.2. The van der Waals surface area contributed by atoms with Gasteiger partial charge < -0.3 is 10.4 Å². The van der Waals surface area contributed by atoms with Crippen LogP contribution in [-0.2, 0) is 5.75 Å². The van der Waals surface area contributed by atoms with Crippen LogP contribution in [0.3, 0.4) is 0 Å². The molecule has 17 heavy (non-hydrogen) atoms. The number of aliphatic hydroxyl groups is 1. The summed E-state index contributed by atoms with van der Waals surface area (Å²) in [7, 11) is 0. The van der Waals surface area contributed by atoms with Crippen molar-refractivity contribution in [1.29, 1.82) is 0 Å². The zero-order chi connectivity index (χ0) is 12.7. The minimum absolute atomic E-state index is 0.0757. The molecule has 0 saturated carbocycles. The van der Waals surface area contributed by atoms with Crippen LogP contribution in [0.2, 0.25) is 0 Å². The summed E-state index contributed by atoms with van der Waals surface area (Å²) in [5.41, 5.74) is 1.84. The van der Waals surface area contributed by atoms with E-state index in [0.717, 1.165) is 11.3 Å². The number of carbonyl (C=O) groups is 1. The first-order valence-electron chi connectivity index (χ1n) is 5.64. The number of nitrogens with one attached hydrogen (secondary N) is 1. The number of carbonyl (C=O) groups excluding carboxylic acids is 1. The highest BCUT2D eigenvalue weighted by Crippen LogP contribution is 2.11. The third-order valence-electron chi connectivity index (χ3n) is 2.42. The molecule has 0 fully saturated rings. The summed E-state index contributed by atoms with van der Waals surface area (Å²) in [5.74, 6) is 0.926. The van der Waals surface area contributed by atoms with Gasteiger partial charge >= 0.3 is 0 Å². The molecule has 0 aliphatic rings. The number of thioether (sulfide) groups is 1. The summed E-state index contributed by atoms with van der Waals surface area (Å²) < 4.78 is 0. The number of amides is 1. The van der Waals surface area contributed by atoms with Crippen molar-refractivity contribution >= 4 is 17.7 Å². The van der Waals surface area contributed by atoms with E-state index in [-0.39, 0.29) is 18.4 Å². The summed E-state index contributed by atoms with van der Waals surface area (Å²) in [6.07, 6.45) is 2.04. The van der Waals surface area contributed by atoms with Crippen LogP contribution in [0.1, 0.15) is 22.8 Å². The van der Waals surface area contributed by atoms with Crippen molar-refractivity contribution in [3.05, 3.63) is 35.4 Å². The van der Waals surface area contributed by atoms with Crippen LogP contribution >= 0.6 is 11.8 Å². The van der Waals surface area contributed by atoms with Gasteiger partial charge in [0.25, 0.3) is 5.91 Å². The highest BCUT2D eigenvalue weighted by molar-refractivity contribution is 7.97. The molecule has 1 aromatic rings. The Bertz CT molecular complexity index is 368. The van der Waals surface area contributed by atoms with Crippen molar-refractivity contribution in [2.24, 2.45) is 5.92 Å². The van der Waals surface area contributed by atoms with E-state index in [0.29, 0.717) is 12.1 Å². The van der Waals surface area contributed by atoms with Gasteiger partial charge in [-0.2, -0.15) is 11.8 Å². The lowest BCUT2D eigenvalue weighted by molar-refractivity contribution is 0.0942. The highest BCUT2D eigenvalue weighted by Gasteiger charge is 2.07. The Hall–Kier alpha value is -1.00. The van der Waals surface area contributed by atoms with Gasteiger partial charge in [-0.3, -0.25) is 4.79 Å². The molecule has 0 aliphatic heterocycles. The van der Waals surface area contributed by atoms with Crippen molar-refractivity contribution in [2.75, 3.05) is 19.4 Å². The molecule has 94 valence electrons. The van der Waals surface area contributed by atoms with E-state index in [4.69, 9.17) is 5.11 Å². The molecule has 1 atom stereocenters. The average Bonchev–Trinajstić information content (AvgIpc) is 2.36. The van der Waals surface area contributed by atoms with E-state index in [1.807, 2.05) is 37.4 Å². The molecule has 1 amide bonds. The average molecular weight is 253 g/mol. The first-order chi connectivity index (χ1) is 8.17. The van der Waals surface area contributed by atoms with Crippen LogP contribution in [0, 0.1) is 5.92 Å². The predicted molar refractivity (Wildman–Crippen MR) is 72.2 cm³/mol. The van der Waals surface area contributed by atoms with E-state index in [1.54, 1.807) is 11.8 Å². The topological polar surface area (TPSA) is 49.3 Å². The Labute approximate surface area is 107 Å². The Morgan fingerprint density at radius 2 is 2.29 bits per heavy atom. The molecular weight excluding hydrogens is 234 g/mol. The summed E-state index contributed by atoms with van der Waals surface area (Å²) in [6, 6.07) is 7.64. The van der Waals surface area contributed by atoms with Crippen LogP contribution in [0.25, 0.3) is 0 Å². The van der Waals surface area contributed by atoms with Gasteiger partial charge in [0.2, 0.25) is 0 Å². The molecule has 0 heterocycles. The Balaban J connectivity index is 2.59. The molecule has 0 aliphatic carbocycles. The summed E-state index contributed by atoms with van der Waals surface area (Å²) in [6.45, 7) is 2.49. The lowest BCUT2D eigenvalue weighted by atomic mass is 10.1. The van der Waals surface area contributed by atoms with Gasteiger partial charge in [0.15, 0.2) is 0 Å². The standard InChI is InChI=1S/C13H19NO2S/c1-10(8-15)7-14-13(16)12-5-3-4-11(6-12)9-17-2/h3-6,10,15H,7-9H2,1-2H3,(H,14,16). The molecule has 0 saturated heterocycles. The Kier molecular flexibility index (Phi) is 6.08. The zero-order valence-corrected chi connectivity index (χ0v) is 11.1. The summed E-state index contributed by atoms with van der Waals surface area (Å²) >= 11 is 1.73. The van der Waals surface area contributed by atoms with Gasteiger partial charge in [0.1, 0.15) is 0 Å². The third-order valence-corrected chi connectivity index (χ3v) is 3.04. The maximum absolute atomic E-state index is 11.8. The predicted octanol–water partition coefficient (Wildman–Crippen LogP) is 1.91. The number of hydrogen-bond acceptors (Lipinski definition) is 3. The molecule has 3 nitrogen and oxygen atoms in total. The van der Waals surface area contributed by atoms with Crippen molar-refractivity contribution in [3.63, 3.8) is 0 Å². The van der Waals surface area contributed by atoms with Crippen LogP contribution in [0.5, 0.6) is 0 Å². The molecule has 0 radical (unpaired) electrons. The summed E-state index contributed by atoms with van der Waals surface area (Å²) in [4.78, 5) is 11.8. The smallest absolute Gasteiger partial charge is 0.251 e. The fourth-order valence-electron chi connectivity index (χ4n) is 1.40. The lowest BCUT2D eigenvalue weighted by Crippen LogP contribution is -2.29. The van der Waals surface area contributed by atoms with Gasteiger partial charge in [-0.15, -0.1) is 0 Å². The molecule has 2 N–H and O–H groups in total. The van der Waals surface area contributed by atoms with E-state index in [2.05, 4.69) is 5.32 Å². The molecular formula is C13H19NO2S. The first kappa shape index (κ1) is 14.1. The summed E-state index contributed by atoms with van der Waals surface area (Å²) in [5, 5.41) is 11.7. The zero-order valence-electron chi connectivity index (χ0n) is 10.3. The van der Waals surface area contributed by atoms with Gasteiger partial charge in [-0.1, -0.05) is 19.1 Å². The second-order valence-electron chi connectivity index (χ2n) is 4.13. The molecule has 1 unspecified atom stereocenters. The van der Waals surface area contributed by atoms with E-state index in [1.165, 1.54) is 0 Å². The van der Waals surface area contributed by atoms with Crippen molar-refractivity contribution in [2.45, 2.75) is 12.7 Å². The molecule has 0 spiro atoms. The van der Waals surface area contributed by atoms with Gasteiger partial charge in [0, 0.05) is 24.5 Å². The third kappa shape index (κ3) is 4.79. The van der Waals surface area contributed by atoms with Gasteiger partial charge in [-0.25, -0.2) is 0 Å².